The molecule has 19 heavy (non-hydrogen) atoms. The second-order valence-electron chi connectivity index (χ2n) is 5.39. The average Bonchev–Trinajstić information content (AvgIpc) is 2.38. The zero-order chi connectivity index (χ0) is 13.8. The van der Waals surface area contributed by atoms with Crippen LogP contribution in [0.2, 0.25) is 0 Å². The molecule has 1 aromatic rings. The Hall–Kier alpha value is -1.65. The maximum Gasteiger partial charge on any atom is 0.135 e. The van der Waals surface area contributed by atoms with E-state index in [0.717, 1.165) is 25.2 Å². The van der Waals surface area contributed by atoms with E-state index in [0.29, 0.717) is 12.5 Å². The van der Waals surface area contributed by atoms with Crippen LogP contribution in [-0.2, 0) is 12.8 Å². The number of amidine groups is 1. The lowest BCUT2D eigenvalue weighted by molar-refractivity contribution is 0.633. The number of nitrogens with one attached hydrogen (secondary N) is 1. The number of hydrogen-bond acceptors (Lipinski definition) is 4. The van der Waals surface area contributed by atoms with Crippen LogP contribution in [0.25, 0.3) is 0 Å². The summed E-state index contributed by atoms with van der Waals surface area (Å²) >= 11 is 0. The van der Waals surface area contributed by atoms with Crippen molar-refractivity contribution < 1.29 is 0 Å². The van der Waals surface area contributed by atoms with Gasteiger partial charge in [0.2, 0.25) is 0 Å². The molecule has 1 heterocycles. The van der Waals surface area contributed by atoms with Gasteiger partial charge in [0, 0.05) is 30.3 Å². The van der Waals surface area contributed by atoms with Crippen molar-refractivity contribution in [3.8, 4) is 0 Å². The molecule has 0 amide bonds. The van der Waals surface area contributed by atoms with Gasteiger partial charge < -0.3 is 10.6 Å². The normalized spacial score (nSPS) is 14.3. The molecule has 5 nitrogen and oxygen atoms in total. The number of fused-ring (bicyclic) bond motifs is 1. The van der Waals surface area contributed by atoms with Gasteiger partial charge >= 0.3 is 0 Å². The summed E-state index contributed by atoms with van der Waals surface area (Å²) in [4.78, 5) is 11.2. The molecule has 0 fully saturated rings. The van der Waals surface area contributed by atoms with E-state index in [4.69, 9.17) is 11.1 Å². The summed E-state index contributed by atoms with van der Waals surface area (Å²) < 4.78 is 0. The highest BCUT2D eigenvalue weighted by Gasteiger charge is 2.21. The molecule has 1 aliphatic rings. The molecule has 5 heteroatoms. The largest absolute Gasteiger partial charge is 0.388 e. The zero-order valence-corrected chi connectivity index (χ0v) is 11.8. The minimum atomic E-state index is 0.230. The summed E-state index contributed by atoms with van der Waals surface area (Å²) in [6.07, 6.45) is 6.81. The third-order valence-electron chi connectivity index (χ3n) is 3.62. The van der Waals surface area contributed by atoms with E-state index < -0.39 is 0 Å². The highest BCUT2D eigenvalue weighted by molar-refractivity contribution is 5.77. The molecule has 0 radical (unpaired) electrons. The van der Waals surface area contributed by atoms with Crippen molar-refractivity contribution in [1.29, 1.82) is 5.41 Å². The quantitative estimate of drug-likeness (QED) is 0.626. The number of hydrogen-bond donors (Lipinski definition) is 2. The molecule has 0 saturated carbocycles. The Labute approximate surface area is 114 Å². The van der Waals surface area contributed by atoms with Crippen molar-refractivity contribution in [3.63, 3.8) is 0 Å². The number of anilines is 1. The first-order valence-corrected chi connectivity index (χ1v) is 7.02. The van der Waals surface area contributed by atoms with Gasteiger partial charge in [-0.25, -0.2) is 9.97 Å². The minimum absolute atomic E-state index is 0.230. The Morgan fingerprint density at radius 3 is 2.79 bits per heavy atom. The Bertz CT molecular complexity index is 455. The molecule has 0 unspecified atom stereocenters. The van der Waals surface area contributed by atoms with Crippen molar-refractivity contribution in [3.05, 3.63) is 17.6 Å². The summed E-state index contributed by atoms with van der Waals surface area (Å²) in [5.41, 5.74) is 7.98. The molecule has 1 aliphatic carbocycles. The van der Waals surface area contributed by atoms with E-state index in [1.54, 1.807) is 6.33 Å². The SMILES string of the molecule is CC(C)N(CCC(=N)N)c1ncnc2c1CCCC2. The summed E-state index contributed by atoms with van der Waals surface area (Å²) in [5, 5.41) is 7.40. The molecular weight excluding hydrogens is 238 g/mol. The third-order valence-corrected chi connectivity index (χ3v) is 3.62. The first kappa shape index (κ1) is 13.8. The van der Waals surface area contributed by atoms with Gasteiger partial charge in [-0.05, 0) is 39.5 Å². The first-order chi connectivity index (χ1) is 9.09. The first-order valence-electron chi connectivity index (χ1n) is 7.02. The molecule has 0 atom stereocenters. The molecule has 0 bridgehead atoms. The van der Waals surface area contributed by atoms with Crippen LogP contribution in [0.5, 0.6) is 0 Å². The number of nitrogens with zero attached hydrogens (tertiary/aromatic N) is 3. The fourth-order valence-corrected chi connectivity index (χ4v) is 2.60. The van der Waals surface area contributed by atoms with Crippen LogP contribution in [0, 0.1) is 5.41 Å². The number of aryl methyl sites for hydroxylation is 1. The predicted octanol–water partition coefficient (Wildman–Crippen LogP) is 1.90. The van der Waals surface area contributed by atoms with Gasteiger partial charge in [-0.3, -0.25) is 5.41 Å². The number of nitrogens with two attached hydrogens (primary N) is 1. The summed E-state index contributed by atoms with van der Waals surface area (Å²) in [5.74, 6) is 1.27. The third kappa shape index (κ3) is 3.22. The molecule has 104 valence electrons. The molecule has 0 spiro atoms. The van der Waals surface area contributed by atoms with E-state index >= 15 is 0 Å². The van der Waals surface area contributed by atoms with Gasteiger partial charge in [-0.2, -0.15) is 0 Å². The molecule has 1 aromatic heterocycles. The van der Waals surface area contributed by atoms with Crippen LogP contribution in [-0.4, -0.2) is 28.4 Å². The predicted molar refractivity (Wildman–Crippen MR) is 77.7 cm³/mol. The van der Waals surface area contributed by atoms with E-state index in [1.807, 2.05) is 0 Å². The van der Waals surface area contributed by atoms with Crippen LogP contribution in [0.3, 0.4) is 0 Å². The second kappa shape index (κ2) is 5.99. The van der Waals surface area contributed by atoms with Crippen LogP contribution >= 0.6 is 0 Å². The monoisotopic (exact) mass is 261 g/mol. The standard InChI is InChI=1S/C14H23N5/c1-10(2)19(8-7-13(15)16)14-11-5-3-4-6-12(11)17-9-18-14/h9-10H,3-8H2,1-2H3,(H3,15,16). The Morgan fingerprint density at radius 2 is 2.11 bits per heavy atom. The molecule has 0 aromatic carbocycles. The summed E-state index contributed by atoms with van der Waals surface area (Å²) in [6.45, 7) is 5.05. The molecular formula is C14H23N5. The van der Waals surface area contributed by atoms with Crippen molar-refractivity contribution in [2.75, 3.05) is 11.4 Å². The average molecular weight is 261 g/mol. The zero-order valence-electron chi connectivity index (χ0n) is 11.8. The Kier molecular flexibility index (Phi) is 4.35. The van der Waals surface area contributed by atoms with Crippen molar-refractivity contribution in [2.45, 2.75) is 52.0 Å². The van der Waals surface area contributed by atoms with Crippen LogP contribution in [0.1, 0.15) is 44.4 Å². The van der Waals surface area contributed by atoms with Gasteiger partial charge in [0.1, 0.15) is 12.1 Å². The highest BCUT2D eigenvalue weighted by atomic mass is 15.2. The lowest BCUT2D eigenvalue weighted by Gasteiger charge is -2.31. The Morgan fingerprint density at radius 1 is 1.37 bits per heavy atom. The van der Waals surface area contributed by atoms with Gasteiger partial charge in [-0.1, -0.05) is 0 Å². The highest BCUT2D eigenvalue weighted by Crippen LogP contribution is 2.28. The summed E-state index contributed by atoms with van der Waals surface area (Å²) in [6, 6.07) is 0.347. The minimum Gasteiger partial charge on any atom is -0.388 e. The number of aromatic nitrogens is 2. The summed E-state index contributed by atoms with van der Waals surface area (Å²) in [7, 11) is 0. The topological polar surface area (TPSA) is 78.9 Å². The van der Waals surface area contributed by atoms with Crippen molar-refractivity contribution in [1.82, 2.24) is 9.97 Å². The van der Waals surface area contributed by atoms with Crippen LogP contribution < -0.4 is 10.6 Å². The molecule has 0 aliphatic heterocycles. The smallest absolute Gasteiger partial charge is 0.135 e. The lowest BCUT2D eigenvalue weighted by Crippen LogP contribution is -2.35. The van der Waals surface area contributed by atoms with E-state index in [9.17, 15) is 0 Å². The van der Waals surface area contributed by atoms with Crippen LogP contribution in [0.15, 0.2) is 6.33 Å². The van der Waals surface area contributed by atoms with Crippen LogP contribution in [0.4, 0.5) is 5.82 Å². The number of rotatable bonds is 5. The second-order valence-corrected chi connectivity index (χ2v) is 5.39. The molecule has 0 saturated heterocycles. The van der Waals surface area contributed by atoms with E-state index in [-0.39, 0.29) is 5.84 Å². The fourth-order valence-electron chi connectivity index (χ4n) is 2.60. The lowest BCUT2D eigenvalue weighted by atomic mass is 9.96. The molecule has 2 rings (SSSR count). The van der Waals surface area contributed by atoms with E-state index in [2.05, 4.69) is 28.7 Å². The van der Waals surface area contributed by atoms with Gasteiger partial charge in [0.25, 0.3) is 0 Å². The maximum absolute atomic E-state index is 7.40. The fraction of sp³-hybridized carbons (Fsp3) is 0.643. The maximum atomic E-state index is 7.40. The van der Waals surface area contributed by atoms with Gasteiger partial charge in [0.05, 0.1) is 5.84 Å². The molecule has 3 N–H and O–H groups in total. The van der Waals surface area contributed by atoms with Gasteiger partial charge in [0.15, 0.2) is 0 Å². The van der Waals surface area contributed by atoms with Crippen molar-refractivity contribution >= 4 is 11.7 Å². The van der Waals surface area contributed by atoms with E-state index in [1.165, 1.54) is 24.1 Å². The Balaban J connectivity index is 2.28. The van der Waals surface area contributed by atoms with Gasteiger partial charge in [-0.15, -0.1) is 0 Å². The van der Waals surface area contributed by atoms with Crippen molar-refractivity contribution in [2.24, 2.45) is 5.73 Å².